The van der Waals surface area contributed by atoms with Gasteiger partial charge in [-0.25, -0.2) is 10.2 Å². The molecule has 1 unspecified atom stereocenters. The Morgan fingerprint density at radius 2 is 2.05 bits per heavy atom. The Balaban J connectivity index is 2.05. The molecule has 0 spiro atoms. The maximum atomic E-state index is 11.5. The molecule has 2 rings (SSSR count). The van der Waals surface area contributed by atoms with Crippen LogP contribution < -0.4 is 10.7 Å². The van der Waals surface area contributed by atoms with Crippen LogP contribution >= 0.6 is 0 Å². The maximum Gasteiger partial charge on any atom is 0.411 e. The average molecular weight is 289 g/mol. The van der Waals surface area contributed by atoms with Gasteiger partial charge in [0.2, 0.25) is 5.91 Å². The van der Waals surface area contributed by atoms with Crippen molar-refractivity contribution in [1.29, 1.82) is 0 Å². The normalized spacial score (nSPS) is 18.0. The first-order valence-electron chi connectivity index (χ1n) is 6.90. The predicted molar refractivity (Wildman–Crippen MR) is 80.1 cm³/mol. The highest BCUT2D eigenvalue weighted by Gasteiger charge is 2.21. The van der Waals surface area contributed by atoms with Crippen molar-refractivity contribution in [3.05, 3.63) is 29.8 Å². The van der Waals surface area contributed by atoms with E-state index >= 15 is 0 Å². The molecule has 1 atom stereocenters. The molecule has 1 aromatic carbocycles. The quantitative estimate of drug-likeness (QED) is 0.897. The lowest BCUT2D eigenvalue weighted by Gasteiger charge is -2.19. The molecule has 1 heterocycles. The van der Waals surface area contributed by atoms with E-state index in [0.717, 1.165) is 11.3 Å². The van der Waals surface area contributed by atoms with E-state index < -0.39 is 6.09 Å². The Morgan fingerprint density at radius 1 is 1.38 bits per heavy atom. The number of amides is 2. The summed E-state index contributed by atoms with van der Waals surface area (Å²) >= 11 is 0. The number of carbonyl (C=O) groups is 2. The van der Waals surface area contributed by atoms with Gasteiger partial charge < -0.3 is 4.74 Å². The molecule has 0 fully saturated rings. The molecule has 1 aliphatic rings. The van der Waals surface area contributed by atoms with Crippen LogP contribution in [0.3, 0.4) is 0 Å². The van der Waals surface area contributed by atoms with Crippen LogP contribution in [0, 0.1) is 5.92 Å². The molecule has 0 aromatic heterocycles. The van der Waals surface area contributed by atoms with E-state index in [1.54, 1.807) is 26.0 Å². The maximum absolute atomic E-state index is 11.5. The van der Waals surface area contributed by atoms with Gasteiger partial charge >= 0.3 is 6.09 Å². The zero-order chi connectivity index (χ0) is 15.4. The van der Waals surface area contributed by atoms with Gasteiger partial charge in [0.1, 0.15) is 0 Å². The Morgan fingerprint density at radius 3 is 2.62 bits per heavy atom. The Hall–Kier alpha value is -2.37. The van der Waals surface area contributed by atoms with Crippen molar-refractivity contribution >= 4 is 23.4 Å². The fourth-order valence-corrected chi connectivity index (χ4v) is 2.09. The molecule has 0 saturated heterocycles. The van der Waals surface area contributed by atoms with Crippen LogP contribution in [0.5, 0.6) is 0 Å². The highest BCUT2D eigenvalue weighted by atomic mass is 16.6. The Kier molecular flexibility index (Phi) is 4.57. The molecule has 1 aromatic rings. The second-order valence-electron chi connectivity index (χ2n) is 5.29. The lowest BCUT2D eigenvalue weighted by Crippen LogP contribution is -2.31. The predicted octanol–water partition coefficient (Wildman–Crippen LogP) is 2.50. The summed E-state index contributed by atoms with van der Waals surface area (Å²) in [7, 11) is 0. The molecule has 0 saturated carbocycles. The van der Waals surface area contributed by atoms with Crippen molar-refractivity contribution in [2.75, 3.05) is 5.32 Å². The molecular weight excluding hydrogens is 270 g/mol. The van der Waals surface area contributed by atoms with E-state index in [2.05, 4.69) is 15.8 Å². The van der Waals surface area contributed by atoms with Gasteiger partial charge in [-0.05, 0) is 31.5 Å². The average Bonchev–Trinajstić information content (AvgIpc) is 2.39. The summed E-state index contributed by atoms with van der Waals surface area (Å²) < 4.78 is 5.01. The van der Waals surface area contributed by atoms with Crippen LogP contribution in [0.1, 0.15) is 32.8 Å². The second kappa shape index (κ2) is 6.39. The molecule has 21 heavy (non-hydrogen) atoms. The highest BCUT2D eigenvalue weighted by molar-refractivity contribution is 6.06. The van der Waals surface area contributed by atoms with Crippen LogP contribution in [0.25, 0.3) is 0 Å². The van der Waals surface area contributed by atoms with Crippen molar-refractivity contribution in [2.45, 2.75) is 33.3 Å². The molecule has 1 aliphatic heterocycles. The second-order valence-corrected chi connectivity index (χ2v) is 5.29. The van der Waals surface area contributed by atoms with Crippen LogP contribution in [0.4, 0.5) is 10.5 Å². The van der Waals surface area contributed by atoms with E-state index in [9.17, 15) is 9.59 Å². The van der Waals surface area contributed by atoms with Crippen molar-refractivity contribution in [1.82, 2.24) is 5.43 Å². The molecule has 0 bridgehead atoms. The zero-order valence-corrected chi connectivity index (χ0v) is 12.3. The third kappa shape index (κ3) is 4.05. The highest BCUT2D eigenvalue weighted by Crippen LogP contribution is 2.18. The van der Waals surface area contributed by atoms with E-state index in [1.807, 2.05) is 19.1 Å². The molecular formula is C15H19N3O3. The number of hydrazone groups is 1. The number of hydrogen-bond donors (Lipinski definition) is 2. The monoisotopic (exact) mass is 289 g/mol. The molecule has 2 N–H and O–H groups in total. The van der Waals surface area contributed by atoms with Gasteiger partial charge in [0.05, 0.1) is 11.8 Å². The number of nitrogens with zero attached hydrogens (tertiary/aromatic N) is 1. The van der Waals surface area contributed by atoms with Crippen LogP contribution in [-0.4, -0.2) is 23.8 Å². The number of ether oxygens (including phenoxy) is 1. The summed E-state index contributed by atoms with van der Waals surface area (Å²) in [5.74, 6) is 0.00410. The summed E-state index contributed by atoms with van der Waals surface area (Å²) in [6, 6.07) is 7.28. The van der Waals surface area contributed by atoms with Gasteiger partial charge in [-0.2, -0.15) is 5.10 Å². The minimum absolute atomic E-state index is 0.0685. The standard InChI is InChI=1S/C15H19N3O3/c1-9(2)21-15(20)16-12-6-4-11(5-7-12)14-10(3)8-13(19)17-18-14/h4-7,9-10H,8H2,1-3H3,(H,16,20)(H,17,19). The summed E-state index contributed by atoms with van der Waals surface area (Å²) in [4.78, 5) is 22.7. The number of anilines is 1. The number of rotatable bonds is 3. The molecule has 0 radical (unpaired) electrons. The SMILES string of the molecule is CC(C)OC(=O)Nc1ccc(C2=NNC(=O)CC2C)cc1. The molecule has 6 nitrogen and oxygen atoms in total. The molecule has 6 heteroatoms. The molecule has 112 valence electrons. The lowest BCUT2D eigenvalue weighted by molar-refractivity contribution is -0.121. The summed E-state index contributed by atoms with van der Waals surface area (Å²) in [6.45, 7) is 5.54. The van der Waals surface area contributed by atoms with Gasteiger partial charge in [-0.1, -0.05) is 19.1 Å². The van der Waals surface area contributed by atoms with Crippen LogP contribution in [0.2, 0.25) is 0 Å². The molecule has 0 aliphatic carbocycles. The summed E-state index contributed by atoms with van der Waals surface area (Å²) in [5, 5.41) is 6.75. The van der Waals surface area contributed by atoms with Gasteiger partial charge in [0, 0.05) is 18.0 Å². The van der Waals surface area contributed by atoms with E-state index in [-0.39, 0.29) is 17.9 Å². The van der Waals surface area contributed by atoms with E-state index in [0.29, 0.717) is 12.1 Å². The van der Waals surface area contributed by atoms with Gasteiger partial charge in [-0.3, -0.25) is 10.1 Å². The Bertz CT molecular complexity index is 564. The third-order valence-electron chi connectivity index (χ3n) is 3.03. The summed E-state index contributed by atoms with van der Waals surface area (Å²) in [5.41, 5.74) is 4.90. The first-order valence-corrected chi connectivity index (χ1v) is 6.90. The molecule has 2 amide bonds. The Labute approximate surface area is 123 Å². The van der Waals surface area contributed by atoms with Crippen LogP contribution in [0.15, 0.2) is 29.4 Å². The van der Waals surface area contributed by atoms with Crippen molar-refractivity contribution in [3.8, 4) is 0 Å². The fraction of sp³-hybridized carbons (Fsp3) is 0.400. The van der Waals surface area contributed by atoms with E-state index in [1.165, 1.54) is 0 Å². The smallest absolute Gasteiger partial charge is 0.411 e. The van der Waals surface area contributed by atoms with Crippen molar-refractivity contribution < 1.29 is 14.3 Å². The largest absolute Gasteiger partial charge is 0.447 e. The van der Waals surface area contributed by atoms with E-state index in [4.69, 9.17) is 4.74 Å². The van der Waals surface area contributed by atoms with Gasteiger partial charge in [-0.15, -0.1) is 0 Å². The van der Waals surface area contributed by atoms with Gasteiger partial charge in [0.25, 0.3) is 0 Å². The minimum Gasteiger partial charge on any atom is -0.447 e. The van der Waals surface area contributed by atoms with Gasteiger partial charge in [0.15, 0.2) is 0 Å². The zero-order valence-electron chi connectivity index (χ0n) is 12.3. The number of hydrogen-bond acceptors (Lipinski definition) is 4. The van der Waals surface area contributed by atoms with Crippen molar-refractivity contribution in [2.24, 2.45) is 11.0 Å². The summed E-state index contributed by atoms with van der Waals surface area (Å²) in [6.07, 6.45) is -0.210. The number of carbonyl (C=O) groups excluding carboxylic acids is 2. The number of nitrogens with one attached hydrogen (secondary N) is 2. The number of benzene rings is 1. The fourth-order valence-electron chi connectivity index (χ4n) is 2.09. The topological polar surface area (TPSA) is 79.8 Å². The van der Waals surface area contributed by atoms with Crippen LogP contribution in [-0.2, 0) is 9.53 Å². The minimum atomic E-state index is -0.478. The first kappa shape index (κ1) is 15.0. The first-order chi connectivity index (χ1) is 9.95. The lowest BCUT2D eigenvalue weighted by atomic mass is 9.94. The van der Waals surface area contributed by atoms with Crippen molar-refractivity contribution in [3.63, 3.8) is 0 Å². The third-order valence-corrected chi connectivity index (χ3v) is 3.03.